The summed E-state index contributed by atoms with van der Waals surface area (Å²) in [7, 11) is 0. The topological polar surface area (TPSA) is 55.2 Å². The quantitative estimate of drug-likeness (QED) is 0.163. The van der Waals surface area contributed by atoms with Crippen molar-refractivity contribution in [2.75, 3.05) is 4.90 Å². The fourth-order valence-corrected chi connectivity index (χ4v) is 7.93. The van der Waals surface area contributed by atoms with Crippen molar-refractivity contribution in [2.24, 2.45) is 0 Å². The zero-order chi connectivity index (χ0) is 36.2. The van der Waals surface area contributed by atoms with Crippen molar-refractivity contribution in [1.29, 1.82) is 0 Å². The summed E-state index contributed by atoms with van der Waals surface area (Å²) in [4.78, 5) is 36.1. The third-order valence-electron chi connectivity index (χ3n) is 10.4. The summed E-state index contributed by atoms with van der Waals surface area (Å²) >= 11 is 0. The number of fused-ring (bicyclic) bond motifs is 4. The maximum atomic E-state index is 15.2. The molecule has 5 heteroatoms. The van der Waals surface area contributed by atoms with Gasteiger partial charge in [-0.2, -0.15) is 0 Å². The molecule has 9 aromatic rings. The van der Waals surface area contributed by atoms with Crippen molar-refractivity contribution in [3.05, 3.63) is 199 Å². The molecule has 0 aliphatic carbocycles. The Morgan fingerprint density at radius 1 is 0.407 bits per heavy atom. The summed E-state index contributed by atoms with van der Waals surface area (Å²) in [5, 5.41) is 2.08. The summed E-state index contributed by atoms with van der Waals surface area (Å²) < 4.78 is 2.12. The van der Waals surface area contributed by atoms with Gasteiger partial charge in [0.25, 0.3) is 11.8 Å². The Morgan fingerprint density at radius 2 is 1.02 bits per heavy atom. The fraction of sp³-hybridized carbons (Fsp3) is 0. The highest BCUT2D eigenvalue weighted by molar-refractivity contribution is 6.37. The van der Waals surface area contributed by atoms with Crippen LogP contribution in [0.5, 0.6) is 0 Å². The molecule has 0 bridgehead atoms. The first-order valence-electron chi connectivity index (χ1n) is 18.0. The van der Waals surface area contributed by atoms with E-state index in [0.717, 1.165) is 66.4 Å². The first-order valence-corrected chi connectivity index (χ1v) is 18.0. The molecule has 254 valence electrons. The van der Waals surface area contributed by atoms with Crippen molar-refractivity contribution in [3.63, 3.8) is 0 Å². The second-order valence-corrected chi connectivity index (χ2v) is 13.5. The van der Waals surface area contributed by atoms with Crippen LogP contribution >= 0.6 is 0 Å². The van der Waals surface area contributed by atoms with Crippen LogP contribution in [0.15, 0.2) is 188 Å². The zero-order valence-electron chi connectivity index (χ0n) is 29.1. The van der Waals surface area contributed by atoms with E-state index < -0.39 is 0 Å². The number of benzene rings is 7. The smallest absolute Gasteiger partial charge is 0.268 e. The van der Waals surface area contributed by atoms with Gasteiger partial charge in [0, 0.05) is 33.7 Å². The molecule has 0 N–H and O–H groups in total. The summed E-state index contributed by atoms with van der Waals surface area (Å²) in [6.45, 7) is 0. The van der Waals surface area contributed by atoms with Gasteiger partial charge in [-0.25, -0.2) is 4.90 Å². The number of amides is 2. The van der Waals surface area contributed by atoms with E-state index in [1.807, 2.05) is 121 Å². The van der Waals surface area contributed by atoms with Crippen LogP contribution in [0.1, 0.15) is 20.7 Å². The third-order valence-corrected chi connectivity index (χ3v) is 10.4. The van der Waals surface area contributed by atoms with Gasteiger partial charge in [-0.3, -0.25) is 14.6 Å². The average molecular weight is 694 g/mol. The van der Waals surface area contributed by atoms with Gasteiger partial charge in [-0.15, -0.1) is 0 Å². The highest BCUT2D eigenvalue weighted by atomic mass is 16.2. The summed E-state index contributed by atoms with van der Waals surface area (Å²) in [5.41, 5.74) is 11.2. The van der Waals surface area contributed by atoms with Crippen molar-refractivity contribution in [3.8, 4) is 50.3 Å². The van der Waals surface area contributed by atoms with Gasteiger partial charge >= 0.3 is 0 Å². The Morgan fingerprint density at radius 3 is 1.69 bits per heavy atom. The molecule has 1 aliphatic heterocycles. The number of rotatable bonds is 6. The lowest BCUT2D eigenvalue weighted by molar-refractivity contribution is 0.0926. The molecular formula is C49H31N3O2. The molecule has 10 rings (SSSR count). The Labute approximate surface area is 312 Å². The molecule has 0 unspecified atom stereocenters. The maximum absolute atomic E-state index is 15.2. The van der Waals surface area contributed by atoms with Crippen molar-refractivity contribution < 1.29 is 9.59 Å². The number of imide groups is 1. The van der Waals surface area contributed by atoms with E-state index >= 15 is 4.79 Å². The minimum absolute atomic E-state index is 0.350. The minimum Gasteiger partial charge on any atom is -0.308 e. The molecule has 0 fully saturated rings. The predicted octanol–water partition coefficient (Wildman–Crippen LogP) is 11.6. The van der Waals surface area contributed by atoms with Crippen LogP contribution in [0, 0.1) is 0 Å². The molecule has 7 aromatic carbocycles. The molecule has 5 nitrogen and oxygen atoms in total. The molecule has 0 spiro atoms. The second-order valence-electron chi connectivity index (χ2n) is 13.5. The van der Waals surface area contributed by atoms with Crippen LogP contribution in [-0.4, -0.2) is 21.4 Å². The lowest BCUT2D eigenvalue weighted by Gasteiger charge is -2.24. The monoisotopic (exact) mass is 693 g/mol. The number of carbonyl (C=O) groups excluding carboxylic acids is 2. The first-order chi connectivity index (χ1) is 26.7. The van der Waals surface area contributed by atoms with Crippen LogP contribution < -0.4 is 4.90 Å². The SMILES string of the molecule is O=C1c2cccc(-n3c4ccccc4c4cc(-c5ccccn5)ccc43)c2C(=O)N1c1c(-c2ccccc2)cc(-c2ccccc2)cc1-c1ccccc1. The Hall–Kier alpha value is -7.37. The van der Waals surface area contributed by atoms with E-state index in [4.69, 9.17) is 0 Å². The van der Waals surface area contributed by atoms with Crippen LogP contribution in [0.25, 0.3) is 72.1 Å². The van der Waals surface area contributed by atoms with Gasteiger partial charge in [0.1, 0.15) is 0 Å². The number of aromatic nitrogens is 2. The number of carbonyl (C=O) groups is 2. The minimum atomic E-state index is -0.358. The summed E-state index contributed by atoms with van der Waals surface area (Å²) in [5.74, 6) is -0.708. The molecular weight excluding hydrogens is 663 g/mol. The van der Waals surface area contributed by atoms with E-state index in [1.54, 1.807) is 12.3 Å². The highest BCUT2D eigenvalue weighted by Crippen LogP contribution is 2.47. The fourth-order valence-electron chi connectivity index (χ4n) is 7.93. The van der Waals surface area contributed by atoms with Crippen molar-refractivity contribution >= 4 is 39.3 Å². The standard InChI is InChI=1S/C49H31N3O2/c53-48-38-22-14-25-45(51-43-24-11-10-21-37(43)41-29-35(26-27-44(41)51)42-23-12-13-28-50-42)46(38)49(54)52(48)47-39(33-17-6-2-7-18-33)30-36(32-15-4-1-5-16-32)31-40(47)34-19-8-3-9-20-34/h1-31H. The summed E-state index contributed by atoms with van der Waals surface area (Å²) in [6, 6.07) is 60.4. The van der Waals surface area contributed by atoms with E-state index in [2.05, 4.69) is 64.1 Å². The number of anilines is 1. The molecule has 0 saturated carbocycles. The molecule has 2 aromatic heterocycles. The lowest BCUT2D eigenvalue weighted by atomic mass is 9.90. The van der Waals surface area contributed by atoms with Crippen LogP contribution in [-0.2, 0) is 0 Å². The molecule has 3 heterocycles. The molecule has 0 radical (unpaired) electrons. The molecule has 0 saturated heterocycles. The van der Waals surface area contributed by atoms with E-state index in [-0.39, 0.29) is 11.8 Å². The third kappa shape index (κ3) is 4.98. The Kier molecular flexibility index (Phi) is 7.37. The largest absolute Gasteiger partial charge is 0.308 e. The predicted molar refractivity (Wildman–Crippen MR) is 218 cm³/mol. The van der Waals surface area contributed by atoms with Crippen LogP contribution in [0.4, 0.5) is 5.69 Å². The van der Waals surface area contributed by atoms with E-state index in [1.165, 1.54) is 4.90 Å². The lowest BCUT2D eigenvalue weighted by Crippen LogP contribution is -2.30. The first kappa shape index (κ1) is 31.4. The maximum Gasteiger partial charge on any atom is 0.268 e. The normalized spacial score (nSPS) is 12.5. The highest BCUT2D eigenvalue weighted by Gasteiger charge is 2.41. The van der Waals surface area contributed by atoms with Gasteiger partial charge in [-0.1, -0.05) is 127 Å². The number of para-hydroxylation sites is 1. The Balaban J connectivity index is 1.21. The molecule has 0 atom stereocenters. The van der Waals surface area contributed by atoms with Gasteiger partial charge in [0.05, 0.1) is 39.2 Å². The summed E-state index contributed by atoms with van der Waals surface area (Å²) in [6.07, 6.45) is 1.80. The van der Waals surface area contributed by atoms with Gasteiger partial charge in [0.2, 0.25) is 0 Å². The average Bonchev–Trinajstić information content (AvgIpc) is 3.71. The van der Waals surface area contributed by atoms with E-state index in [0.29, 0.717) is 22.5 Å². The molecule has 2 amide bonds. The van der Waals surface area contributed by atoms with Crippen LogP contribution in [0.3, 0.4) is 0 Å². The van der Waals surface area contributed by atoms with Gasteiger partial charge in [-0.05, 0) is 76.9 Å². The van der Waals surface area contributed by atoms with Crippen molar-refractivity contribution in [2.45, 2.75) is 0 Å². The molecule has 1 aliphatic rings. The van der Waals surface area contributed by atoms with E-state index in [9.17, 15) is 4.79 Å². The number of nitrogens with zero attached hydrogens (tertiary/aromatic N) is 3. The van der Waals surface area contributed by atoms with Gasteiger partial charge < -0.3 is 4.57 Å². The second kappa shape index (κ2) is 12.7. The van der Waals surface area contributed by atoms with Crippen molar-refractivity contribution in [1.82, 2.24) is 9.55 Å². The Bertz CT molecular complexity index is 2840. The zero-order valence-corrected chi connectivity index (χ0v) is 29.1. The number of hydrogen-bond donors (Lipinski definition) is 0. The number of hydrogen-bond acceptors (Lipinski definition) is 3. The van der Waals surface area contributed by atoms with Crippen LogP contribution in [0.2, 0.25) is 0 Å². The van der Waals surface area contributed by atoms with Gasteiger partial charge in [0.15, 0.2) is 0 Å². The number of pyridine rings is 1. The molecule has 54 heavy (non-hydrogen) atoms.